The third-order valence-corrected chi connectivity index (χ3v) is 6.19. The molecule has 0 unspecified atom stereocenters. The highest BCUT2D eigenvalue weighted by Gasteiger charge is 2.21. The van der Waals surface area contributed by atoms with Gasteiger partial charge < -0.3 is 10.6 Å². The fraction of sp³-hybridized carbons (Fsp3) is 0.364. The molecule has 158 valence electrons. The molecule has 2 aromatic rings. The number of nitro groups is 1. The summed E-state index contributed by atoms with van der Waals surface area (Å²) in [5.41, 5.74) is 1.90. The van der Waals surface area contributed by atoms with Gasteiger partial charge in [0.1, 0.15) is 0 Å². The number of amides is 2. The minimum absolute atomic E-state index is 0.0607. The number of carbonyl (C=O) groups is 2. The van der Waals surface area contributed by atoms with Gasteiger partial charge in [0.05, 0.1) is 16.4 Å². The average molecular weight is 428 g/mol. The summed E-state index contributed by atoms with van der Waals surface area (Å²) >= 11 is 1.36. The maximum Gasteiger partial charge on any atom is 0.271 e. The van der Waals surface area contributed by atoms with Gasteiger partial charge in [-0.2, -0.15) is 0 Å². The first kappa shape index (κ1) is 21.8. The third-order valence-electron chi connectivity index (χ3n) is 5.17. The van der Waals surface area contributed by atoms with Gasteiger partial charge in [0, 0.05) is 28.6 Å². The molecule has 2 aromatic carbocycles. The van der Waals surface area contributed by atoms with Gasteiger partial charge >= 0.3 is 0 Å². The number of hydrogen-bond acceptors (Lipinski definition) is 5. The first-order valence-electron chi connectivity index (χ1n) is 10.0. The van der Waals surface area contributed by atoms with Gasteiger partial charge in [0.2, 0.25) is 11.8 Å². The lowest BCUT2D eigenvalue weighted by molar-refractivity contribution is -0.384. The van der Waals surface area contributed by atoms with Crippen molar-refractivity contribution in [3.8, 4) is 0 Å². The summed E-state index contributed by atoms with van der Waals surface area (Å²) in [6.07, 6.45) is 5.36. The minimum atomic E-state index is -0.488. The number of hydrogen-bond donors (Lipinski definition) is 2. The van der Waals surface area contributed by atoms with Crippen molar-refractivity contribution in [1.82, 2.24) is 0 Å². The van der Waals surface area contributed by atoms with Crippen LogP contribution in [0.15, 0.2) is 47.4 Å². The van der Waals surface area contributed by atoms with Crippen molar-refractivity contribution in [3.63, 3.8) is 0 Å². The molecule has 0 aliphatic heterocycles. The SMILES string of the molecule is Cc1ccc([N+](=O)[O-])cc1NC(=O)CSc1ccc(NC(=O)C2CCCCC2)cc1. The van der Waals surface area contributed by atoms with Crippen molar-refractivity contribution in [2.24, 2.45) is 5.92 Å². The fourth-order valence-corrected chi connectivity index (χ4v) is 4.14. The Labute approximate surface area is 179 Å². The normalized spacial score (nSPS) is 14.2. The topological polar surface area (TPSA) is 101 Å². The number of rotatable bonds is 7. The van der Waals surface area contributed by atoms with E-state index in [9.17, 15) is 19.7 Å². The Morgan fingerprint density at radius 3 is 2.43 bits per heavy atom. The van der Waals surface area contributed by atoms with Crippen LogP contribution in [0.1, 0.15) is 37.7 Å². The van der Waals surface area contributed by atoms with E-state index in [1.807, 2.05) is 24.3 Å². The van der Waals surface area contributed by atoms with E-state index in [-0.39, 0.29) is 29.2 Å². The zero-order valence-electron chi connectivity index (χ0n) is 16.8. The molecule has 0 aromatic heterocycles. The molecule has 0 heterocycles. The molecule has 0 bridgehead atoms. The van der Waals surface area contributed by atoms with Gasteiger partial charge in [-0.3, -0.25) is 19.7 Å². The standard InChI is InChI=1S/C22H25N3O4S/c1-15-7-10-18(25(28)29)13-20(15)24-21(26)14-30-19-11-8-17(9-12-19)23-22(27)16-5-3-2-4-6-16/h7-13,16H,2-6,14H2,1H3,(H,23,27)(H,24,26). The highest BCUT2D eigenvalue weighted by Crippen LogP contribution is 2.26. The molecule has 7 nitrogen and oxygen atoms in total. The molecule has 1 fully saturated rings. The molecular weight excluding hydrogens is 402 g/mol. The second kappa shape index (κ2) is 10.2. The maximum atomic E-state index is 12.3. The molecule has 2 amide bonds. The van der Waals surface area contributed by atoms with Gasteiger partial charge in [-0.05, 0) is 49.6 Å². The number of benzene rings is 2. The van der Waals surface area contributed by atoms with E-state index in [4.69, 9.17) is 0 Å². The van der Waals surface area contributed by atoms with Crippen molar-refractivity contribution in [1.29, 1.82) is 0 Å². The summed E-state index contributed by atoms with van der Waals surface area (Å²) in [5.74, 6) is 0.129. The van der Waals surface area contributed by atoms with Crippen LogP contribution in [0.2, 0.25) is 0 Å². The Morgan fingerprint density at radius 1 is 1.07 bits per heavy atom. The lowest BCUT2D eigenvalue weighted by atomic mass is 9.88. The molecule has 1 aliphatic carbocycles. The number of non-ortho nitro benzene ring substituents is 1. The smallest absolute Gasteiger partial charge is 0.271 e. The molecule has 1 aliphatic rings. The van der Waals surface area contributed by atoms with Crippen molar-refractivity contribution in [2.45, 2.75) is 43.9 Å². The Kier molecular flexibility index (Phi) is 7.46. The van der Waals surface area contributed by atoms with Crippen LogP contribution in [0.5, 0.6) is 0 Å². The van der Waals surface area contributed by atoms with Crippen LogP contribution in [0.25, 0.3) is 0 Å². The van der Waals surface area contributed by atoms with Crippen LogP contribution in [0.3, 0.4) is 0 Å². The van der Waals surface area contributed by atoms with Crippen LogP contribution >= 0.6 is 11.8 Å². The summed E-state index contributed by atoms with van der Waals surface area (Å²) in [5, 5.41) is 16.6. The molecule has 0 atom stereocenters. The van der Waals surface area contributed by atoms with Gasteiger partial charge in [0.25, 0.3) is 5.69 Å². The first-order chi connectivity index (χ1) is 14.4. The van der Waals surface area contributed by atoms with Gasteiger partial charge in [-0.15, -0.1) is 11.8 Å². The predicted molar refractivity (Wildman–Crippen MR) is 119 cm³/mol. The zero-order chi connectivity index (χ0) is 21.5. The first-order valence-corrected chi connectivity index (χ1v) is 11.0. The molecule has 2 N–H and O–H groups in total. The Hall–Kier alpha value is -2.87. The van der Waals surface area contributed by atoms with Crippen LogP contribution in [0.4, 0.5) is 17.1 Å². The highest BCUT2D eigenvalue weighted by molar-refractivity contribution is 8.00. The van der Waals surface area contributed by atoms with Crippen LogP contribution in [-0.2, 0) is 9.59 Å². The fourth-order valence-electron chi connectivity index (χ4n) is 3.44. The molecule has 0 radical (unpaired) electrons. The number of nitrogens with one attached hydrogen (secondary N) is 2. The number of aryl methyl sites for hydroxylation is 1. The monoisotopic (exact) mass is 427 g/mol. The highest BCUT2D eigenvalue weighted by atomic mass is 32.2. The van der Waals surface area contributed by atoms with Crippen LogP contribution in [0, 0.1) is 23.0 Å². The minimum Gasteiger partial charge on any atom is -0.326 e. The van der Waals surface area contributed by atoms with E-state index in [1.54, 1.807) is 13.0 Å². The van der Waals surface area contributed by atoms with Crippen molar-refractivity contribution < 1.29 is 14.5 Å². The summed E-state index contributed by atoms with van der Waals surface area (Å²) in [6, 6.07) is 11.8. The molecule has 1 saturated carbocycles. The average Bonchev–Trinajstić information content (AvgIpc) is 2.75. The molecule has 8 heteroatoms. The van der Waals surface area contributed by atoms with Gasteiger partial charge in [-0.25, -0.2) is 0 Å². The number of nitrogens with zero attached hydrogens (tertiary/aromatic N) is 1. The molecular formula is C22H25N3O4S. The van der Waals surface area contributed by atoms with E-state index >= 15 is 0 Å². The number of anilines is 2. The summed E-state index contributed by atoms with van der Waals surface area (Å²) < 4.78 is 0. The van der Waals surface area contributed by atoms with Gasteiger partial charge in [-0.1, -0.05) is 25.3 Å². The lowest BCUT2D eigenvalue weighted by Crippen LogP contribution is -2.24. The van der Waals surface area contributed by atoms with E-state index in [2.05, 4.69) is 10.6 Å². The van der Waals surface area contributed by atoms with Crippen LogP contribution < -0.4 is 10.6 Å². The van der Waals surface area contributed by atoms with E-state index in [0.29, 0.717) is 5.69 Å². The molecule has 30 heavy (non-hydrogen) atoms. The van der Waals surface area contributed by atoms with Crippen molar-refractivity contribution >= 4 is 40.6 Å². The predicted octanol–water partition coefficient (Wildman–Crippen LogP) is 5.15. The van der Waals surface area contributed by atoms with E-state index in [1.165, 1.54) is 30.3 Å². The van der Waals surface area contributed by atoms with Gasteiger partial charge in [0.15, 0.2) is 0 Å². The third kappa shape index (κ3) is 6.06. The van der Waals surface area contributed by atoms with E-state index in [0.717, 1.165) is 41.8 Å². The Bertz CT molecular complexity index is 924. The van der Waals surface area contributed by atoms with E-state index < -0.39 is 4.92 Å². The Balaban J connectivity index is 1.50. The second-order valence-electron chi connectivity index (χ2n) is 7.44. The largest absolute Gasteiger partial charge is 0.326 e. The lowest BCUT2D eigenvalue weighted by Gasteiger charge is -2.20. The Morgan fingerprint density at radius 2 is 1.77 bits per heavy atom. The zero-order valence-corrected chi connectivity index (χ0v) is 17.7. The number of carbonyl (C=O) groups excluding carboxylic acids is 2. The quantitative estimate of drug-likeness (QED) is 0.361. The summed E-state index contributed by atoms with van der Waals surface area (Å²) in [7, 11) is 0. The summed E-state index contributed by atoms with van der Waals surface area (Å²) in [4.78, 5) is 35.9. The number of thioether (sulfide) groups is 1. The molecule has 0 spiro atoms. The second-order valence-corrected chi connectivity index (χ2v) is 8.49. The molecule has 0 saturated heterocycles. The van der Waals surface area contributed by atoms with Crippen LogP contribution in [-0.4, -0.2) is 22.5 Å². The van der Waals surface area contributed by atoms with Crippen molar-refractivity contribution in [3.05, 3.63) is 58.1 Å². The maximum absolute atomic E-state index is 12.3. The molecule has 3 rings (SSSR count). The summed E-state index contributed by atoms with van der Waals surface area (Å²) in [6.45, 7) is 1.78. The number of nitro benzene ring substituents is 1. The van der Waals surface area contributed by atoms with Crippen molar-refractivity contribution in [2.75, 3.05) is 16.4 Å².